The van der Waals surface area contributed by atoms with Crippen LogP contribution in [0.2, 0.25) is 0 Å². The van der Waals surface area contributed by atoms with Gasteiger partial charge < -0.3 is 19.3 Å². The second-order valence-electron chi connectivity index (χ2n) is 2.53. The highest BCUT2D eigenvalue weighted by atomic mass is 32.1. The van der Waals surface area contributed by atoms with Crippen LogP contribution in [-0.2, 0) is 14.2 Å². The van der Waals surface area contributed by atoms with Crippen LogP contribution in [0.3, 0.4) is 0 Å². The number of aliphatic hydroxyl groups excluding tert-OH is 1. The molecule has 0 heterocycles. The van der Waals surface area contributed by atoms with Crippen molar-refractivity contribution in [1.82, 2.24) is 0 Å². The first-order valence-corrected chi connectivity index (χ1v) is 5.20. The van der Waals surface area contributed by atoms with Crippen LogP contribution in [0.25, 0.3) is 0 Å². The molecule has 0 aromatic rings. The Balaban J connectivity index is 2.89. The molecule has 0 rings (SSSR count). The number of hydrogen-bond donors (Lipinski definition) is 1. The van der Waals surface area contributed by atoms with E-state index in [1.807, 2.05) is 0 Å². The number of aliphatic imine (C=N–C) groups is 1. The molecular formula is C9H17NO4S. The van der Waals surface area contributed by atoms with Crippen molar-refractivity contribution in [1.29, 1.82) is 0 Å². The maximum atomic E-state index is 8.40. The van der Waals surface area contributed by atoms with Crippen molar-refractivity contribution in [2.24, 2.45) is 4.99 Å². The monoisotopic (exact) mass is 235 g/mol. The lowest BCUT2D eigenvalue weighted by Crippen LogP contribution is -2.11. The van der Waals surface area contributed by atoms with Crippen LogP contribution in [0.5, 0.6) is 0 Å². The molecule has 0 saturated heterocycles. The first-order chi connectivity index (χ1) is 7.41. The Kier molecular flexibility index (Phi) is 13.3. The quantitative estimate of drug-likeness (QED) is 0.313. The van der Waals surface area contributed by atoms with Crippen molar-refractivity contribution in [3.63, 3.8) is 0 Å². The summed E-state index contributed by atoms with van der Waals surface area (Å²) in [5, 5.41) is 10.7. The summed E-state index contributed by atoms with van der Waals surface area (Å²) < 4.78 is 15.4. The predicted octanol–water partition coefficient (Wildman–Crippen LogP) is 0.131. The number of ether oxygens (including phenoxy) is 3. The van der Waals surface area contributed by atoms with Crippen LogP contribution < -0.4 is 0 Å². The maximum absolute atomic E-state index is 8.40. The summed E-state index contributed by atoms with van der Waals surface area (Å²) in [5.41, 5.74) is 0. The van der Waals surface area contributed by atoms with Crippen molar-refractivity contribution in [2.75, 3.05) is 52.8 Å². The summed E-state index contributed by atoms with van der Waals surface area (Å²) in [6, 6.07) is 0. The van der Waals surface area contributed by atoms with E-state index in [4.69, 9.17) is 19.3 Å². The van der Waals surface area contributed by atoms with Gasteiger partial charge in [0.1, 0.15) is 0 Å². The minimum Gasteiger partial charge on any atom is -0.394 e. The molecule has 0 saturated carbocycles. The Bertz CT molecular complexity index is 173. The summed E-state index contributed by atoms with van der Waals surface area (Å²) >= 11 is 4.39. The highest BCUT2D eigenvalue weighted by molar-refractivity contribution is 7.78. The minimum absolute atomic E-state index is 0.0451. The summed E-state index contributed by atoms with van der Waals surface area (Å²) in [5.74, 6) is 0. The number of rotatable bonds is 11. The molecule has 0 aliphatic carbocycles. The van der Waals surface area contributed by atoms with Crippen molar-refractivity contribution < 1.29 is 19.3 Å². The number of nitrogens with zero attached hydrogens (tertiary/aromatic N) is 1. The van der Waals surface area contributed by atoms with Crippen LogP contribution in [0.1, 0.15) is 0 Å². The zero-order valence-electron chi connectivity index (χ0n) is 8.68. The summed E-state index contributed by atoms with van der Waals surface area (Å²) in [4.78, 5) is 3.69. The van der Waals surface area contributed by atoms with Gasteiger partial charge in [-0.3, -0.25) is 0 Å². The van der Waals surface area contributed by atoms with Gasteiger partial charge in [0.05, 0.1) is 58.0 Å². The Hall–Kier alpha value is -0.360. The molecule has 0 atom stereocenters. The molecule has 0 bridgehead atoms. The van der Waals surface area contributed by atoms with E-state index in [0.29, 0.717) is 46.2 Å². The van der Waals surface area contributed by atoms with Gasteiger partial charge in [0, 0.05) is 0 Å². The van der Waals surface area contributed by atoms with Gasteiger partial charge in [-0.1, -0.05) is 0 Å². The maximum Gasteiger partial charge on any atom is 0.0727 e. The Morgan fingerprint density at radius 2 is 1.47 bits per heavy atom. The smallest absolute Gasteiger partial charge is 0.0727 e. The standard InChI is InChI=1S/C9H17NO4S/c11-2-4-13-6-8-14-7-5-12-3-1-10-9-15/h11H,1-8H2. The second-order valence-corrected chi connectivity index (χ2v) is 2.72. The van der Waals surface area contributed by atoms with Crippen molar-refractivity contribution in [3.05, 3.63) is 0 Å². The topological polar surface area (TPSA) is 60.3 Å². The zero-order valence-corrected chi connectivity index (χ0v) is 9.50. The molecule has 0 unspecified atom stereocenters. The van der Waals surface area contributed by atoms with Crippen molar-refractivity contribution in [3.8, 4) is 0 Å². The van der Waals surface area contributed by atoms with Crippen LogP contribution >= 0.6 is 12.2 Å². The molecule has 5 nitrogen and oxygen atoms in total. The van der Waals surface area contributed by atoms with E-state index < -0.39 is 0 Å². The molecular weight excluding hydrogens is 218 g/mol. The van der Waals surface area contributed by atoms with Crippen molar-refractivity contribution >= 4 is 17.4 Å². The molecule has 0 aliphatic heterocycles. The predicted molar refractivity (Wildman–Crippen MR) is 59.4 cm³/mol. The second kappa shape index (κ2) is 13.6. The number of isothiocyanates is 1. The zero-order chi connectivity index (χ0) is 11.2. The first-order valence-electron chi connectivity index (χ1n) is 4.79. The molecule has 0 aromatic heterocycles. The number of hydrogen-bond acceptors (Lipinski definition) is 6. The number of aliphatic hydroxyl groups is 1. The van der Waals surface area contributed by atoms with E-state index in [-0.39, 0.29) is 6.61 Å². The third kappa shape index (κ3) is 13.6. The lowest BCUT2D eigenvalue weighted by molar-refractivity contribution is 0.00894. The lowest BCUT2D eigenvalue weighted by Gasteiger charge is -2.04. The van der Waals surface area contributed by atoms with E-state index in [1.165, 1.54) is 0 Å². The van der Waals surface area contributed by atoms with E-state index in [0.717, 1.165) is 0 Å². The van der Waals surface area contributed by atoms with E-state index in [9.17, 15) is 0 Å². The van der Waals surface area contributed by atoms with E-state index in [2.05, 4.69) is 22.4 Å². The van der Waals surface area contributed by atoms with Gasteiger partial charge in [-0.05, 0) is 12.2 Å². The molecule has 0 fully saturated rings. The van der Waals surface area contributed by atoms with Gasteiger partial charge >= 0.3 is 0 Å². The van der Waals surface area contributed by atoms with Gasteiger partial charge in [-0.15, -0.1) is 0 Å². The first kappa shape index (κ1) is 14.6. The summed E-state index contributed by atoms with van der Waals surface area (Å²) in [7, 11) is 0. The largest absolute Gasteiger partial charge is 0.394 e. The van der Waals surface area contributed by atoms with Gasteiger partial charge in [-0.25, -0.2) is 4.99 Å². The van der Waals surface area contributed by atoms with Crippen molar-refractivity contribution in [2.45, 2.75) is 0 Å². The number of thiocarbonyl (C=S) groups is 1. The summed E-state index contributed by atoms with van der Waals surface area (Å²) in [6.45, 7) is 3.56. The SMILES string of the molecule is OCCOCCOCCOCCN=C=S. The third-order valence-corrected chi connectivity index (χ3v) is 1.52. The molecule has 0 aromatic carbocycles. The van der Waals surface area contributed by atoms with Crippen LogP contribution in [-0.4, -0.2) is 63.1 Å². The molecule has 0 aliphatic rings. The fourth-order valence-corrected chi connectivity index (χ4v) is 0.854. The summed E-state index contributed by atoms with van der Waals surface area (Å²) in [6.07, 6.45) is 0. The minimum atomic E-state index is 0.0451. The van der Waals surface area contributed by atoms with E-state index >= 15 is 0 Å². The van der Waals surface area contributed by atoms with Gasteiger partial charge in [0.2, 0.25) is 0 Å². The Labute approximate surface area is 95.0 Å². The Morgan fingerprint density at radius 3 is 2.00 bits per heavy atom. The molecule has 0 amide bonds. The van der Waals surface area contributed by atoms with Gasteiger partial charge in [-0.2, -0.15) is 0 Å². The average molecular weight is 235 g/mol. The van der Waals surface area contributed by atoms with Gasteiger partial charge in [0.15, 0.2) is 0 Å². The third-order valence-electron chi connectivity index (χ3n) is 1.39. The van der Waals surface area contributed by atoms with Gasteiger partial charge in [0.25, 0.3) is 0 Å². The molecule has 1 N–H and O–H groups in total. The van der Waals surface area contributed by atoms with Crippen LogP contribution in [0, 0.1) is 0 Å². The van der Waals surface area contributed by atoms with Crippen LogP contribution in [0.15, 0.2) is 4.99 Å². The molecule has 15 heavy (non-hydrogen) atoms. The molecule has 0 spiro atoms. The van der Waals surface area contributed by atoms with E-state index in [1.54, 1.807) is 0 Å². The average Bonchev–Trinajstić information content (AvgIpc) is 2.26. The normalized spacial score (nSPS) is 9.93. The molecule has 0 radical (unpaired) electrons. The molecule has 88 valence electrons. The van der Waals surface area contributed by atoms with Crippen LogP contribution in [0.4, 0.5) is 0 Å². The lowest BCUT2D eigenvalue weighted by atomic mass is 10.7. The highest BCUT2D eigenvalue weighted by Gasteiger charge is 1.90. The fraction of sp³-hybridized carbons (Fsp3) is 0.889. The highest BCUT2D eigenvalue weighted by Crippen LogP contribution is 1.81. The fourth-order valence-electron chi connectivity index (χ4n) is 0.762. The molecule has 6 heteroatoms. The Morgan fingerprint density at radius 1 is 0.933 bits per heavy atom.